The molecule has 3 aromatic carbocycles. The van der Waals surface area contributed by atoms with Crippen molar-refractivity contribution in [3.63, 3.8) is 0 Å². The van der Waals surface area contributed by atoms with Gasteiger partial charge in [0.25, 0.3) is 0 Å². The molecule has 1 aliphatic heterocycles. The summed E-state index contributed by atoms with van der Waals surface area (Å²) in [5.41, 5.74) is 3.76. The second-order valence-corrected chi connectivity index (χ2v) is 8.53. The van der Waals surface area contributed by atoms with Crippen molar-refractivity contribution in [2.75, 3.05) is 5.32 Å². The summed E-state index contributed by atoms with van der Waals surface area (Å²) in [6.45, 7) is 2.42. The Morgan fingerprint density at radius 3 is 2.22 bits per heavy atom. The Labute approximate surface area is 160 Å². The van der Waals surface area contributed by atoms with Gasteiger partial charge in [-0.3, -0.25) is 0 Å². The van der Waals surface area contributed by atoms with Gasteiger partial charge < -0.3 is 5.32 Å². The average molecular weight is 378 g/mol. The zero-order valence-corrected chi connectivity index (χ0v) is 16.0. The number of sulfonamides is 1. The summed E-state index contributed by atoms with van der Waals surface area (Å²) < 4.78 is 28.3. The molecule has 0 bridgehead atoms. The molecule has 3 aromatic rings. The van der Waals surface area contributed by atoms with E-state index in [-0.39, 0.29) is 0 Å². The molecule has 0 saturated carbocycles. The van der Waals surface area contributed by atoms with E-state index >= 15 is 0 Å². The van der Waals surface area contributed by atoms with Crippen molar-refractivity contribution < 1.29 is 8.42 Å². The molecule has 0 radical (unpaired) electrons. The molecule has 4 rings (SSSR count). The Kier molecular flexibility index (Phi) is 4.72. The monoisotopic (exact) mass is 378 g/mol. The third kappa shape index (κ3) is 3.36. The van der Waals surface area contributed by atoms with Crippen molar-refractivity contribution in [3.05, 3.63) is 95.6 Å². The minimum atomic E-state index is -3.62. The summed E-state index contributed by atoms with van der Waals surface area (Å²) in [6, 6.07) is 24.9. The third-order valence-electron chi connectivity index (χ3n) is 4.94. The lowest BCUT2D eigenvalue weighted by molar-refractivity contribution is 0.336. The van der Waals surface area contributed by atoms with Crippen molar-refractivity contribution in [1.82, 2.24) is 4.31 Å². The minimum absolute atomic E-state index is 0.310. The molecule has 0 spiro atoms. The molecule has 0 amide bonds. The number of fused-ring (bicyclic) bond motifs is 1. The van der Waals surface area contributed by atoms with E-state index in [0.29, 0.717) is 17.1 Å². The van der Waals surface area contributed by atoms with E-state index in [1.54, 1.807) is 16.4 Å². The Balaban J connectivity index is 1.81. The van der Waals surface area contributed by atoms with Crippen LogP contribution in [0.4, 0.5) is 5.69 Å². The number of hydrogen-bond acceptors (Lipinski definition) is 3. The first-order chi connectivity index (χ1) is 13.1. The third-order valence-corrected chi connectivity index (χ3v) is 6.81. The van der Waals surface area contributed by atoms with Crippen LogP contribution in [0.5, 0.6) is 0 Å². The molecule has 0 fully saturated rings. The predicted octanol–water partition coefficient (Wildman–Crippen LogP) is 4.56. The summed E-state index contributed by atoms with van der Waals surface area (Å²) in [4.78, 5) is 0.322. The lowest BCUT2D eigenvalue weighted by atomic mass is 10.1. The van der Waals surface area contributed by atoms with Gasteiger partial charge in [-0.2, -0.15) is 4.31 Å². The van der Waals surface area contributed by atoms with Crippen LogP contribution in [-0.4, -0.2) is 12.7 Å². The Morgan fingerprint density at radius 1 is 0.852 bits per heavy atom. The summed E-state index contributed by atoms with van der Waals surface area (Å²) in [7, 11) is -3.62. The van der Waals surface area contributed by atoms with E-state index in [2.05, 4.69) is 24.4 Å². The van der Waals surface area contributed by atoms with Crippen molar-refractivity contribution in [1.29, 1.82) is 0 Å². The van der Waals surface area contributed by atoms with Gasteiger partial charge in [0, 0.05) is 6.54 Å². The fourth-order valence-electron chi connectivity index (χ4n) is 3.42. The number of anilines is 1. The summed E-state index contributed by atoms with van der Waals surface area (Å²) in [6.07, 6.45) is 0.503. The Hall–Kier alpha value is -2.63. The van der Waals surface area contributed by atoms with Gasteiger partial charge in [0.05, 0.1) is 5.69 Å². The molecular weight excluding hydrogens is 356 g/mol. The number of nitrogens with zero attached hydrogens (tertiary/aromatic N) is 1. The minimum Gasteiger partial charge on any atom is -0.364 e. The van der Waals surface area contributed by atoms with Gasteiger partial charge in [-0.1, -0.05) is 73.7 Å². The highest BCUT2D eigenvalue weighted by Gasteiger charge is 2.38. The van der Waals surface area contributed by atoms with E-state index in [4.69, 9.17) is 0 Å². The fourth-order valence-corrected chi connectivity index (χ4v) is 5.10. The van der Waals surface area contributed by atoms with Gasteiger partial charge in [-0.05, 0) is 35.2 Å². The quantitative estimate of drug-likeness (QED) is 0.724. The van der Waals surface area contributed by atoms with Gasteiger partial charge >= 0.3 is 0 Å². The average Bonchev–Trinajstić information content (AvgIpc) is 2.71. The van der Waals surface area contributed by atoms with Crippen LogP contribution in [0.2, 0.25) is 0 Å². The molecule has 4 nitrogen and oxygen atoms in total. The van der Waals surface area contributed by atoms with Crippen LogP contribution in [0.15, 0.2) is 83.8 Å². The van der Waals surface area contributed by atoms with Gasteiger partial charge in [0.15, 0.2) is 0 Å². The number of rotatable bonds is 4. The largest absolute Gasteiger partial charge is 0.364 e. The molecule has 1 heterocycles. The Morgan fingerprint density at radius 2 is 1.52 bits per heavy atom. The highest BCUT2D eigenvalue weighted by Crippen LogP contribution is 2.39. The molecule has 5 heteroatoms. The molecule has 0 unspecified atom stereocenters. The number of hydrogen-bond donors (Lipinski definition) is 1. The normalized spacial score (nSPS) is 18.5. The number of aryl methyl sites for hydroxylation is 1. The first-order valence-corrected chi connectivity index (χ1v) is 10.5. The second kappa shape index (κ2) is 7.18. The van der Waals surface area contributed by atoms with Crippen LogP contribution in [0, 0.1) is 0 Å². The molecule has 1 atom stereocenters. The van der Waals surface area contributed by atoms with Crippen molar-refractivity contribution in [2.24, 2.45) is 0 Å². The van der Waals surface area contributed by atoms with Crippen molar-refractivity contribution in [2.45, 2.75) is 31.0 Å². The maximum Gasteiger partial charge on any atom is 0.247 e. The first-order valence-electron chi connectivity index (χ1n) is 9.10. The van der Waals surface area contributed by atoms with Crippen molar-refractivity contribution >= 4 is 15.7 Å². The van der Waals surface area contributed by atoms with Gasteiger partial charge in [-0.15, -0.1) is 0 Å². The Bertz CT molecular complexity index is 1030. The smallest absolute Gasteiger partial charge is 0.247 e. The van der Waals surface area contributed by atoms with Crippen LogP contribution in [0.25, 0.3) is 0 Å². The zero-order valence-electron chi connectivity index (χ0n) is 15.2. The molecule has 0 saturated heterocycles. The van der Waals surface area contributed by atoms with E-state index in [1.807, 2.05) is 54.6 Å². The molecule has 1 N–H and O–H groups in total. The van der Waals surface area contributed by atoms with Crippen LogP contribution in [0.1, 0.15) is 29.8 Å². The second-order valence-electron chi connectivity index (χ2n) is 6.67. The van der Waals surface area contributed by atoms with Crippen LogP contribution in [-0.2, 0) is 23.0 Å². The fraction of sp³-hybridized carbons (Fsp3) is 0.182. The van der Waals surface area contributed by atoms with Gasteiger partial charge in [0.2, 0.25) is 10.0 Å². The van der Waals surface area contributed by atoms with Crippen LogP contribution >= 0.6 is 0 Å². The standard InChI is InChI=1S/C22H22N2O2S/c1-2-17-12-14-19(15-13-17)22-23-20-10-6-7-11-21(20)27(25,26)24(22)16-18-8-4-3-5-9-18/h3-15,22-23H,2,16H2,1H3/t22-/m1/s1. The number of para-hydroxylation sites is 1. The first kappa shape index (κ1) is 17.8. The van der Waals surface area contributed by atoms with Gasteiger partial charge in [0.1, 0.15) is 11.1 Å². The maximum absolute atomic E-state index is 13.4. The maximum atomic E-state index is 13.4. The number of benzene rings is 3. The highest BCUT2D eigenvalue weighted by molar-refractivity contribution is 7.89. The summed E-state index contributed by atoms with van der Waals surface area (Å²) in [5, 5.41) is 3.42. The van der Waals surface area contributed by atoms with E-state index in [9.17, 15) is 8.42 Å². The molecule has 0 aliphatic carbocycles. The van der Waals surface area contributed by atoms with Gasteiger partial charge in [-0.25, -0.2) is 8.42 Å². The van der Waals surface area contributed by atoms with E-state index in [0.717, 1.165) is 17.5 Å². The molecule has 0 aromatic heterocycles. The molecule has 1 aliphatic rings. The van der Waals surface area contributed by atoms with Crippen LogP contribution < -0.4 is 5.32 Å². The van der Waals surface area contributed by atoms with E-state index in [1.165, 1.54) is 5.56 Å². The molecule has 27 heavy (non-hydrogen) atoms. The SMILES string of the molecule is CCc1ccc([C@@H]2Nc3ccccc3S(=O)(=O)N2Cc2ccccc2)cc1. The van der Waals surface area contributed by atoms with E-state index < -0.39 is 16.2 Å². The highest BCUT2D eigenvalue weighted by atomic mass is 32.2. The molecular formula is C22H22N2O2S. The molecule has 138 valence electrons. The van der Waals surface area contributed by atoms with Crippen LogP contribution in [0.3, 0.4) is 0 Å². The predicted molar refractivity (Wildman–Crippen MR) is 108 cm³/mol. The number of nitrogens with one attached hydrogen (secondary N) is 1. The lowest BCUT2D eigenvalue weighted by Crippen LogP contribution is -2.42. The summed E-state index contributed by atoms with van der Waals surface area (Å²) >= 11 is 0. The van der Waals surface area contributed by atoms with Crippen molar-refractivity contribution in [3.8, 4) is 0 Å². The zero-order chi connectivity index (χ0) is 18.9. The lowest BCUT2D eigenvalue weighted by Gasteiger charge is -2.37. The topological polar surface area (TPSA) is 49.4 Å². The summed E-state index contributed by atoms with van der Waals surface area (Å²) in [5.74, 6) is 0.